The molecule has 0 saturated carbocycles. The van der Waals surface area contributed by atoms with E-state index in [1.54, 1.807) is 6.92 Å². The maximum atomic E-state index is 10.8. The molecular formula is C8H7N3O2. The summed E-state index contributed by atoms with van der Waals surface area (Å²) in [7, 11) is 0. The zero-order valence-electron chi connectivity index (χ0n) is 6.90. The number of carboxylic acid groups (broad SMARTS) is 1. The van der Waals surface area contributed by atoms with Crippen LogP contribution in [0, 0.1) is 6.92 Å². The number of aromatic nitrogens is 3. The molecule has 0 aliphatic rings. The summed E-state index contributed by atoms with van der Waals surface area (Å²) in [5.41, 5.74) is 1.41. The van der Waals surface area contributed by atoms with Crippen molar-refractivity contribution in [2.75, 3.05) is 0 Å². The number of nitrogens with one attached hydrogen (secondary N) is 1. The molecular weight excluding hydrogens is 170 g/mol. The number of fused-ring (bicyclic) bond motifs is 1. The molecule has 0 spiro atoms. The molecule has 2 rings (SSSR count). The average Bonchev–Trinajstić information content (AvgIpc) is 2.49. The summed E-state index contributed by atoms with van der Waals surface area (Å²) in [4.78, 5) is 14.9. The van der Waals surface area contributed by atoms with Crippen LogP contribution in [0.25, 0.3) is 11.0 Å². The highest BCUT2D eigenvalue weighted by Gasteiger charge is 2.11. The molecule has 0 atom stereocenters. The van der Waals surface area contributed by atoms with Crippen LogP contribution >= 0.6 is 0 Å². The molecule has 0 fully saturated rings. The fourth-order valence-electron chi connectivity index (χ4n) is 1.23. The van der Waals surface area contributed by atoms with Crippen molar-refractivity contribution in [3.05, 3.63) is 23.5 Å². The van der Waals surface area contributed by atoms with E-state index in [-0.39, 0.29) is 5.56 Å². The Bertz CT molecular complexity index is 475. The van der Waals surface area contributed by atoms with Gasteiger partial charge in [-0.15, -0.1) is 0 Å². The van der Waals surface area contributed by atoms with Gasteiger partial charge in [-0.05, 0) is 13.0 Å². The molecule has 66 valence electrons. The lowest BCUT2D eigenvalue weighted by Crippen LogP contribution is -1.98. The van der Waals surface area contributed by atoms with Crippen molar-refractivity contribution < 1.29 is 9.90 Å². The SMILES string of the molecule is Cc1cc(C(=O)O)c2cn[nH]c2n1. The highest BCUT2D eigenvalue weighted by molar-refractivity contribution is 6.01. The van der Waals surface area contributed by atoms with E-state index in [0.29, 0.717) is 16.7 Å². The van der Waals surface area contributed by atoms with Crippen LogP contribution in [-0.2, 0) is 0 Å². The second kappa shape index (κ2) is 2.55. The standard InChI is InChI=1S/C8H7N3O2/c1-4-2-5(8(12)13)6-3-9-11-7(6)10-4/h2-3H,1H3,(H,12,13)(H,9,10,11). The van der Waals surface area contributed by atoms with Gasteiger partial charge in [-0.2, -0.15) is 5.10 Å². The highest BCUT2D eigenvalue weighted by atomic mass is 16.4. The first-order chi connectivity index (χ1) is 6.18. The molecule has 13 heavy (non-hydrogen) atoms. The van der Waals surface area contributed by atoms with Crippen molar-refractivity contribution in [3.8, 4) is 0 Å². The zero-order chi connectivity index (χ0) is 9.42. The Morgan fingerprint density at radius 1 is 1.62 bits per heavy atom. The number of aryl methyl sites for hydroxylation is 1. The van der Waals surface area contributed by atoms with Gasteiger partial charge in [0.1, 0.15) is 0 Å². The van der Waals surface area contributed by atoms with Crippen molar-refractivity contribution in [3.63, 3.8) is 0 Å². The first-order valence-corrected chi connectivity index (χ1v) is 3.72. The normalized spacial score (nSPS) is 10.5. The van der Waals surface area contributed by atoms with Crippen LogP contribution in [0.2, 0.25) is 0 Å². The van der Waals surface area contributed by atoms with Crippen LogP contribution < -0.4 is 0 Å². The molecule has 2 N–H and O–H groups in total. The number of pyridine rings is 1. The van der Waals surface area contributed by atoms with E-state index in [9.17, 15) is 4.79 Å². The zero-order valence-corrected chi connectivity index (χ0v) is 6.90. The molecule has 0 bridgehead atoms. The predicted molar refractivity (Wildman–Crippen MR) is 45.6 cm³/mol. The van der Waals surface area contributed by atoms with Gasteiger partial charge in [0.2, 0.25) is 0 Å². The fraction of sp³-hybridized carbons (Fsp3) is 0.125. The summed E-state index contributed by atoms with van der Waals surface area (Å²) in [6.07, 6.45) is 1.46. The second-order valence-corrected chi connectivity index (χ2v) is 2.75. The molecule has 0 aromatic carbocycles. The molecule has 0 aliphatic heterocycles. The summed E-state index contributed by atoms with van der Waals surface area (Å²) >= 11 is 0. The van der Waals surface area contributed by atoms with Gasteiger partial charge < -0.3 is 5.11 Å². The maximum Gasteiger partial charge on any atom is 0.336 e. The largest absolute Gasteiger partial charge is 0.478 e. The number of rotatable bonds is 1. The number of H-pyrrole nitrogens is 1. The van der Waals surface area contributed by atoms with Crippen molar-refractivity contribution in [1.29, 1.82) is 0 Å². The van der Waals surface area contributed by atoms with Crippen molar-refractivity contribution in [2.24, 2.45) is 0 Å². The Labute approximate surface area is 73.4 Å². The number of aromatic carboxylic acids is 1. The molecule has 2 aromatic rings. The molecule has 5 heteroatoms. The lowest BCUT2D eigenvalue weighted by atomic mass is 10.2. The Hall–Kier alpha value is -1.91. The van der Waals surface area contributed by atoms with Gasteiger partial charge >= 0.3 is 5.97 Å². The topological polar surface area (TPSA) is 78.9 Å². The molecule has 0 unspecified atom stereocenters. The van der Waals surface area contributed by atoms with Crippen molar-refractivity contribution in [2.45, 2.75) is 6.92 Å². The lowest BCUT2D eigenvalue weighted by molar-refractivity contribution is 0.0699. The van der Waals surface area contributed by atoms with E-state index in [0.717, 1.165) is 0 Å². The predicted octanol–water partition coefficient (Wildman–Crippen LogP) is 0.965. The van der Waals surface area contributed by atoms with Gasteiger partial charge in [0.15, 0.2) is 5.65 Å². The Morgan fingerprint density at radius 2 is 2.38 bits per heavy atom. The van der Waals surface area contributed by atoms with E-state index < -0.39 is 5.97 Å². The van der Waals surface area contributed by atoms with Crippen molar-refractivity contribution in [1.82, 2.24) is 15.2 Å². The number of nitrogens with zero attached hydrogens (tertiary/aromatic N) is 2. The summed E-state index contributed by atoms with van der Waals surface area (Å²) in [6.45, 7) is 1.74. The van der Waals surface area contributed by atoms with Crippen LogP contribution in [0.5, 0.6) is 0 Å². The Kier molecular flexibility index (Phi) is 1.51. The molecule has 2 aromatic heterocycles. The second-order valence-electron chi connectivity index (χ2n) is 2.75. The van der Waals surface area contributed by atoms with Gasteiger partial charge in [-0.1, -0.05) is 0 Å². The number of hydrogen-bond donors (Lipinski definition) is 2. The summed E-state index contributed by atoms with van der Waals surface area (Å²) in [6, 6.07) is 1.53. The smallest absolute Gasteiger partial charge is 0.336 e. The summed E-state index contributed by atoms with van der Waals surface area (Å²) in [5, 5.41) is 15.8. The first kappa shape index (κ1) is 7.72. The molecule has 0 saturated heterocycles. The third kappa shape index (κ3) is 1.14. The van der Waals surface area contributed by atoms with Crippen LogP contribution in [-0.4, -0.2) is 26.3 Å². The lowest BCUT2D eigenvalue weighted by Gasteiger charge is -1.97. The van der Waals surface area contributed by atoms with Crippen molar-refractivity contribution >= 4 is 17.0 Å². The van der Waals surface area contributed by atoms with E-state index in [1.165, 1.54) is 12.3 Å². The number of carboxylic acids is 1. The summed E-state index contributed by atoms with van der Waals surface area (Å²) in [5.74, 6) is -0.961. The third-order valence-corrected chi connectivity index (χ3v) is 1.78. The minimum Gasteiger partial charge on any atom is -0.478 e. The monoisotopic (exact) mass is 177 g/mol. The quantitative estimate of drug-likeness (QED) is 0.680. The first-order valence-electron chi connectivity index (χ1n) is 3.72. The molecule has 0 amide bonds. The number of carbonyl (C=O) groups is 1. The molecule has 0 radical (unpaired) electrons. The van der Waals surface area contributed by atoms with Gasteiger partial charge in [-0.25, -0.2) is 9.78 Å². The average molecular weight is 177 g/mol. The minimum absolute atomic E-state index is 0.233. The third-order valence-electron chi connectivity index (χ3n) is 1.78. The van der Waals surface area contributed by atoms with Crippen LogP contribution in [0.3, 0.4) is 0 Å². The van der Waals surface area contributed by atoms with Gasteiger partial charge in [0, 0.05) is 5.69 Å². The van der Waals surface area contributed by atoms with Crippen LogP contribution in [0.15, 0.2) is 12.3 Å². The minimum atomic E-state index is -0.961. The highest BCUT2D eigenvalue weighted by Crippen LogP contribution is 2.15. The summed E-state index contributed by atoms with van der Waals surface area (Å²) < 4.78 is 0. The van der Waals surface area contributed by atoms with Gasteiger partial charge in [-0.3, -0.25) is 5.10 Å². The maximum absolute atomic E-state index is 10.8. The number of hydrogen-bond acceptors (Lipinski definition) is 3. The molecule has 5 nitrogen and oxygen atoms in total. The molecule has 0 aliphatic carbocycles. The fourth-order valence-corrected chi connectivity index (χ4v) is 1.23. The Morgan fingerprint density at radius 3 is 3.08 bits per heavy atom. The van der Waals surface area contributed by atoms with E-state index in [4.69, 9.17) is 5.11 Å². The van der Waals surface area contributed by atoms with Crippen LogP contribution in [0.1, 0.15) is 16.1 Å². The van der Waals surface area contributed by atoms with E-state index in [1.807, 2.05) is 0 Å². The number of aromatic amines is 1. The molecule has 2 heterocycles. The van der Waals surface area contributed by atoms with Gasteiger partial charge in [0.05, 0.1) is 17.1 Å². The Balaban J connectivity index is 2.84. The van der Waals surface area contributed by atoms with E-state index in [2.05, 4.69) is 15.2 Å². The van der Waals surface area contributed by atoms with Gasteiger partial charge in [0.25, 0.3) is 0 Å². The van der Waals surface area contributed by atoms with Crippen LogP contribution in [0.4, 0.5) is 0 Å². The van der Waals surface area contributed by atoms with E-state index >= 15 is 0 Å².